The second-order valence-corrected chi connectivity index (χ2v) is 11.2. The zero-order valence-electron chi connectivity index (χ0n) is 25.0. The molecule has 3 aromatic carbocycles. The van der Waals surface area contributed by atoms with Crippen LogP contribution < -0.4 is 20.7 Å². The second-order valence-electron chi connectivity index (χ2n) is 11.2. The molecule has 4 rings (SSSR count). The van der Waals surface area contributed by atoms with Gasteiger partial charge in [-0.05, 0) is 93.8 Å². The summed E-state index contributed by atoms with van der Waals surface area (Å²) in [6, 6.07) is 17.3. The van der Waals surface area contributed by atoms with Crippen molar-refractivity contribution in [3.05, 3.63) is 83.4 Å². The Labute approximate surface area is 244 Å². The van der Waals surface area contributed by atoms with Gasteiger partial charge in [-0.3, -0.25) is 4.79 Å². The Hall–Kier alpha value is -4.06. The van der Waals surface area contributed by atoms with Gasteiger partial charge in [0.05, 0.1) is 18.3 Å². The highest BCUT2D eigenvalue weighted by Crippen LogP contribution is 2.33. The fourth-order valence-electron chi connectivity index (χ4n) is 5.93. The lowest BCUT2D eigenvalue weighted by molar-refractivity contribution is -0.120. The summed E-state index contributed by atoms with van der Waals surface area (Å²) in [4.78, 5) is 26.0. The van der Waals surface area contributed by atoms with Crippen LogP contribution >= 0.6 is 0 Å². The van der Waals surface area contributed by atoms with Crippen molar-refractivity contribution in [2.45, 2.75) is 72.8 Å². The summed E-state index contributed by atoms with van der Waals surface area (Å²) in [5, 5.41) is 9.55. The van der Waals surface area contributed by atoms with Gasteiger partial charge in [0, 0.05) is 16.9 Å². The number of ether oxygens (including phenoxy) is 1. The number of rotatable bonds is 10. The third kappa shape index (κ3) is 7.57. The second kappa shape index (κ2) is 13.5. The lowest BCUT2D eigenvalue weighted by atomic mass is 9.82. The van der Waals surface area contributed by atoms with Crippen molar-refractivity contribution < 1.29 is 14.3 Å². The molecule has 1 fully saturated rings. The zero-order valence-corrected chi connectivity index (χ0v) is 25.0. The van der Waals surface area contributed by atoms with E-state index in [0.29, 0.717) is 18.0 Å². The van der Waals surface area contributed by atoms with Gasteiger partial charge in [0.2, 0.25) is 0 Å². The van der Waals surface area contributed by atoms with Gasteiger partial charge in [-0.25, -0.2) is 4.79 Å². The minimum Gasteiger partial charge on any atom is -0.494 e. The lowest BCUT2D eigenvalue weighted by Gasteiger charge is -2.31. The first-order chi connectivity index (χ1) is 19.7. The summed E-state index contributed by atoms with van der Waals surface area (Å²) in [6.07, 6.45) is 5.57. The molecule has 0 saturated heterocycles. The summed E-state index contributed by atoms with van der Waals surface area (Å²) in [6.45, 7) is 14.6. The van der Waals surface area contributed by atoms with Gasteiger partial charge in [-0.15, -0.1) is 0 Å². The number of urea groups is 1. The van der Waals surface area contributed by atoms with E-state index < -0.39 is 0 Å². The number of hydrogen-bond acceptors (Lipinski definition) is 4. The van der Waals surface area contributed by atoms with Crippen LogP contribution in [0.3, 0.4) is 0 Å². The van der Waals surface area contributed by atoms with Crippen LogP contribution in [0, 0.1) is 26.7 Å². The Balaban J connectivity index is 1.64. The van der Waals surface area contributed by atoms with Crippen molar-refractivity contribution in [3.63, 3.8) is 0 Å². The molecule has 1 aliphatic rings. The fraction of sp³-hybridized carbons (Fsp3) is 0.371. The Bertz CT molecular complexity index is 1380. The Morgan fingerprint density at radius 2 is 1.54 bits per heavy atom. The van der Waals surface area contributed by atoms with Crippen LogP contribution in [0.15, 0.2) is 61.2 Å². The predicted molar refractivity (Wildman–Crippen MR) is 170 cm³/mol. The van der Waals surface area contributed by atoms with Crippen LogP contribution in [0.1, 0.15) is 68.2 Å². The van der Waals surface area contributed by atoms with Gasteiger partial charge in [-0.1, -0.05) is 67.8 Å². The van der Waals surface area contributed by atoms with Crippen molar-refractivity contribution in [3.8, 4) is 16.9 Å². The molecule has 6 heteroatoms. The molecule has 3 N–H and O–H groups in total. The van der Waals surface area contributed by atoms with E-state index in [9.17, 15) is 9.59 Å². The van der Waals surface area contributed by atoms with Crippen molar-refractivity contribution in [1.29, 1.82) is 0 Å². The first-order valence-corrected chi connectivity index (χ1v) is 14.7. The third-order valence-corrected chi connectivity index (χ3v) is 7.90. The molecule has 1 saturated carbocycles. The average Bonchev–Trinajstić information content (AvgIpc) is 2.94. The lowest BCUT2D eigenvalue weighted by Crippen LogP contribution is -2.41. The van der Waals surface area contributed by atoms with Crippen LogP contribution in [0.4, 0.5) is 16.2 Å². The highest BCUT2D eigenvalue weighted by atomic mass is 16.5. The van der Waals surface area contributed by atoms with Crippen molar-refractivity contribution >= 4 is 28.9 Å². The summed E-state index contributed by atoms with van der Waals surface area (Å²) >= 11 is 0. The molecule has 1 atom stereocenters. The number of benzene rings is 3. The van der Waals surface area contributed by atoms with Gasteiger partial charge in [-0.2, -0.15) is 0 Å². The van der Waals surface area contributed by atoms with Gasteiger partial charge >= 0.3 is 6.03 Å². The van der Waals surface area contributed by atoms with Gasteiger partial charge in [0.15, 0.2) is 5.78 Å². The topological polar surface area (TPSA) is 79.5 Å². The van der Waals surface area contributed by atoms with E-state index in [4.69, 9.17) is 4.74 Å². The van der Waals surface area contributed by atoms with E-state index >= 15 is 0 Å². The number of carbonyl (C=O) groups is 2. The minimum atomic E-state index is -0.339. The SMILES string of the molecule is C=C(NC(C(C)=O)C1CCCCC1)c1ccc(-c2ccc(OCC)cc2)cc1NC(=O)Nc1c(C)cc(C)cc1C. The van der Waals surface area contributed by atoms with Crippen LogP contribution in [0.25, 0.3) is 16.8 Å². The number of nitrogens with one attached hydrogen (secondary N) is 3. The maximum Gasteiger partial charge on any atom is 0.323 e. The molecule has 1 unspecified atom stereocenters. The van der Waals surface area contributed by atoms with Crippen LogP contribution in [-0.4, -0.2) is 24.5 Å². The number of carbonyl (C=O) groups excluding carboxylic acids is 2. The van der Waals surface area contributed by atoms with E-state index in [-0.39, 0.29) is 23.8 Å². The molecular weight excluding hydrogens is 510 g/mol. The standard InChI is InChI=1S/C35H43N3O3/c1-7-41-30-16-13-27(14-17-30)29-15-18-31(25(5)36-34(26(6)39)28-11-9-8-10-12-28)32(21-29)37-35(40)38-33-23(3)19-22(2)20-24(33)4/h13-21,28,34,36H,5,7-12H2,1-4,6H3,(H2,37,38,40). The molecule has 0 heterocycles. The molecule has 6 nitrogen and oxygen atoms in total. The van der Waals surface area contributed by atoms with Crippen molar-refractivity contribution in [1.82, 2.24) is 5.32 Å². The first kappa shape index (κ1) is 29.9. The molecule has 0 spiro atoms. The van der Waals surface area contributed by atoms with Crippen molar-refractivity contribution in [2.24, 2.45) is 5.92 Å². The Morgan fingerprint density at radius 1 is 0.902 bits per heavy atom. The molecule has 0 radical (unpaired) electrons. The van der Waals surface area contributed by atoms with Gasteiger partial charge < -0.3 is 20.7 Å². The largest absolute Gasteiger partial charge is 0.494 e. The maximum atomic E-state index is 13.3. The Kier molecular flexibility index (Phi) is 9.87. The first-order valence-electron chi connectivity index (χ1n) is 14.7. The van der Waals surface area contributed by atoms with Crippen LogP contribution in [0.5, 0.6) is 5.75 Å². The fourth-order valence-corrected chi connectivity index (χ4v) is 5.93. The molecule has 216 valence electrons. The number of aryl methyl sites for hydroxylation is 3. The smallest absolute Gasteiger partial charge is 0.323 e. The third-order valence-electron chi connectivity index (χ3n) is 7.90. The van der Waals surface area contributed by atoms with E-state index in [1.807, 2.05) is 70.2 Å². The van der Waals surface area contributed by atoms with Crippen molar-refractivity contribution in [2.75, 3.05) is 17.2 Å². The van der Waals surface area contributed by atoms with E-state index in [1.54, 1.807) is 6.92 Å². The van der Waals surface area contributed by atoms with E-state index in [1.165, 1.54) is 6.42 Å². The summed E-state index contributed by atoms with van der Waals surface area (Å²) in [5.74, 6) is 1.21. The predicted octanol–water partition coefficient (Wildman–Crippen LogP) is 8.42. The highest BCUT2D eigenvalue weighted by Gasteiger charge is 2.28. The molecule has 41 heavy (non-hydrogen) atoms. The van der Waals surface area contributed by atoms with Gasteiger partial charge in [0.1, 0.15) is 5.75 Å². The number of hydrogen-bond donors (Lipinski definition) is 3. The Morgan fingerprint density at radius 3 is 2.15 bits per heavy atom. The summed E-state index contributed by atoms with van der Waals surface area (Å²) in [5.41, 5.74) is 7.86. The number of Topliss-reactive ketones (excluding diaryl/α,β-unsaturated/α-hetero) is 1. The molecule has 0 bridgehead atoms. The number of ketones is 1. The quantitative estimate of drug-likeness (QED) is 0.235. The highest BCUT2D eigenvalue weighted by molar-refractivity contribution is 6.03. The average molecular weight is 554 g/mol. The molecular formula is C35H43N3O3. The van der Waals surface area contributed by atoms with E-state index in [2.05, 4.69) is 34.7 Å². The number of anilines is 2. The monoisotopic (exact) mass is 553 g/mol. The zero-order chi connectivity index (χ0) is 29.5. The van der Waals surface area contributed by atoms with E-state index in [0.717, 1.165) is 70.5 Å². The molecule has 0 aliphatic heterocycles. The molecule has 0 aromatic heterocycles. The molecule has 1 aliphatic carbocycles. The summed E-state index contributed by atoms with van der Waals surface area (Å²) < 4.78 is 5.60. The normalized spacial score (nSPS) is 14.2. The summed E-state index contributed by atoms with van der Waals surface area (Å²) in [7, 11) is 0. The van der Waals surface area contributed by atoms with Gasteiger partial charge in [0.25, 0.3) is 0 Å². The van der Waals surface area contributed by atoms with Crippen LogP contribution in [-0.2, 0) is 4.79 Å². The number of amides is 2. The molecule has 2 amide bonds. The maximum absolute atomic E-state index is 13.3. The van der Waals surface area contributed by atoms with Crippen LogP contribution in [0.2, 0.25) is 0 Å². The minimum absolute atomic E-state index is 0.113. The molecule has 3 aromatic rings.